The molecule has 1 heterocycles. The molecule has 4 nitrogen and oxygen atoms in total. The molecule has 0 aromatic heterocycles. The third-order valence-corrected chi connectivity index (χ3v) is 3.93. The molecule has 1 saturated heterocycles. The van der Waals surface area contributed by atoms with Crippen LogP contribution < -0.4 is 10.6 Å². The van der Waals surface area contributed by atoms with Crippen molar-refractivity contribution in [3.63, 3.8) is 0 Å². The molecule has 5 heteroatoms. The SMILES string of the molecule is CN=C(NCCCc1ccccc1)NCC1(C)CCCO1.I. The van der Waals surface area contributed by atoms with Crippen LogP contribution in [0.2, 0.25) is 0 Å². The molecule has 2 rings (SSSR count). The van der Waals surface area contributed by atoms with E-state index in [4.69, 9.17) is 4.74 Å². The molecule has 1 fully saturated rings. The van der Waals surface area contributed by atoms with Crippen LogP contribution in [0.15, 0.2) is 35.3 Å². The smallest absolute Gasteiger partial charge is 0.191 e. The van der Waals surface area contributed by atoms with Crippen molar-refractivity contribution in [2.24, 2.45) is 4.99 Å². The summed E-state index contributed by atoms with van der Waals surface area (Å²) in [6.45, 7) is 4.77. The zero-order valence-electron chi connectivity index (χ0n) is 13.6. The first-order valence-electron chi connectivity index (χ1n) is 7.84. The van der Waals surface area contributed by atoms with E-state index in [-0.39, 0.29) is 29.6 Å². The molecular weight excluding hydrogens is 389 g/mol. The van der Waals surface area contributed by atoms with Crippen molar-refractivity contribution in [1.29, 1.82) is 0 Å². The molecule has 1 aromatic carbocycles. The molecular formula is C17H28IN3O. The van der Waals surface area contributed by atoms with Crippen LogP contribution in [0, 0.1) is 0 Å². The van der Waals surface area contributed by atoms with Gasteiger partial charge in [0.15, 0.2) is 5.96 Å². The van der Waals surface area contributed by atoms with Gasteiger partial charge in [0, 0.05) is 26.7 Å². The highest BCUT2D eigenvalue weighted by molar-refractivity contribution is 14.0. The molecule has 0 aliphatic carbocycles. The van der Waals surface area contributed by atoms with Gasteiger partial charge in [0.25, 0.3) is 0 Å². The van der Waals surface area contributed by atoms with E-state index in [0.29, 0.717) is 0 Å². The Morgan fingerprint density at radius 1 is 1.27 bits per heavy atom. The van der Waals surface area contributed by atoms with Crippen molar-refractivity contribution < 1.29 is 4.74 Å². The maximum absolute atomic E-state index is 5.77. The lowest BCUT2D eigenvalue weighted by Gasteiger charge is -2.24. The fourth-order valence-electron chi connectivity index (χ4n) is 2.61. The van der Waals surface area contributed by atoms with Gasteiger partial charge in [-0.15, -0.1) is 24.0 Å². The molecule has 0 amide bonds. The Balaban J connectivity index is 0.00000242. The molecule has 1 atom stereocenters. The van der Waals surface area contributed by atoms with E-state index < -0.39 is 0 Å². The summed E-state index contributed by atoms with van der Waals surface area (Å²) < 4.78 is 5.77. The second-order valence-electron chi connectivity index (χ2n) is 5.84. The Kier molecular flexibility index (Phi) is 8.78. The molecule has 0 bridgehead atoms. The van der Waals surface area contributed by atoms with Crippen molar-refractivity contribution >= 4 is 29.9 Å². The summed E-state index contributed by atoms with van der Waals surface area (Å²) >= 11 is 0. The van der Waals surface area contributed by atoms with Gasteiger partial charge < -0.3 is 15.4 Å². The first kappa shape index (κ1) is 19.2. The van der Waals surface area contributed by atoms with E-state index in [1.165, 1.54) is 5.56 Å². The zero-order valence-corrected chi connectivity index (χ0v) is 15.9. The average Bonchev–Trinajstić information content (AvgIpc) is 2.95. The van der Waals surface area contributed by atoms with Gasteiger partial charge in [-0.25, -0.2) is 0 Å². The van der Waals surface area contributed by atoms with Gasteiger partial charge in [0.1, 0.15) is 0 Å². The molecule has 124 valence electrons. The van der Waals surface area contributed by atoms with Crippen LogP contribution in [-0.2, 0) is 11.2 Å². The molecule has 0 saturated carbocycles. The number of aryl methyl sites for hydroxylation is 1. The van der Waals surface area contributed by atoms with Crippen molar-refractivity contribution in [2.75, 3.05) is 26.7 Å². The lowest BCUT2D eigenvalue weighted by atomic mass is 10.0. The highest BCUT2D eigenvalue weighted by Gasteiger charge is 2.29. The van der Waals surface area contributed by atoms with Crippen LogP contribution in [0.5, 0.6) is 0 Å². The van der Waals surface area contributed by atoms with Crippen molar-refractivity contribution in [1.82, 2.24) is 10.6 Å². The van der Waals surface area contributed by atoms with E-state index in [0.717, 1.165) is 51.3 Å². The van der Waals surface area contributed by atoms with Crippen LogP contribution in [-0.4, -0.2) is 38.3 Å². The summed E-state index contributed by atoms with van der Waals surface area (Å²) in [5.74, 6) is 0.861. The number of rotatable bonds is 6. The molecule has 2 N–H and O–H groups in total. The van der Waals surface area contributed by atoms with Gasteiger partial charge in [0.2, 0.25) is 0 Å². The minimum Gasteiger partial charge on any atom is -0.373 e. The van der Waals surface area contributed by atoms with Crippen LogP contribution in [0.1, 0.15) is 31.7 Å². The lowest BCUT2D eigenvalue weighted by Crippen LogP contribution is -2.45. The summed E-state index contributed by atoms with van der Waals surface area (Å²) in [4.78, 5) is 4.26. The van der Waals surface area contributed by atoms with Crippen molar-refractivity contribution in [3.05, 3.63) is 35.9 Å². The molecule has 1 aliphatic heterocycles. The van der Waals surface area contributed by atoms with E-state index in [9.17, 15) is 0 Å². The van der Waals surface area contributed by atoms with E-state index >= 15 is 0 Å². The molecule has 0 radical (unpaired) electrons. The van der Waals surface area contributed by atoms with Gasteiger partial charge in [-0.05, 0) is 38.2 Å². The van der Waals surface area contributed by atoms with Crippen LogP contribution in [0.25, 0.3) is 0 Å². The largest absolute Gasteiger partial charge is 0.373 e. The molecule has 1 aromatic rings. The van der Waals surface area contributed by atoms with Crippen LogP contribution in [0.3, 0.4) is 0 Å². The zero-order chi connectivity index (χ0) is 15.0. The van der Waals surface area contributed by atoms with Crippen LogP contribution in [0.4, 0.5) is 0 Å². The number of hydrogen-bond donors (Lipinski definition) is 2. The minimum atomic E-state index is -0.0400. The number of nitrogens with zero attached hydrogens (tertiary/aromatic N) is 1. The minimum absolute atomic E-state index is 0. The maximum atomic E-state index is 5.77. The Bertz CT molecular complexity index is 444. The van der Waals surface area contributed by atoms with E-state index in [1.807, 2.05) is 7.05 Å². The van der Waals surface area contributed by atoms with Gasteiger partial charge in [-0.3, -0.25) is 4.99 Å². The fourth-order valence-corrected chi connectivity index (χ4v) is 2.61. The molecule has 0 spiro atoms. The van der Waals surface area contributed by atoms with Crippen LogP contribution >= 0.6 is 24.0 Å². The van der Waals surface area contributed by atoms with Crippen molar-refractivity contribution in [2.45, 2.75) is 38.2 Å². The fraction of sp³-hybridized carbons (Fsp3) is 0.588. The lowest BCUT2D eigenvalue weighted by molar-refractivity contribution is 0.0243. The normalized spacial score (nSPS) is 21.3. The second kappa shape index (κ2) is 10.0. The number of aliphatic imine (C=N–C) groups is 1. The first-order valence-corrected chi connectivity index (χ1v) is 7.84. The molecule has 1 aliphatic rings. The second-order valence-corrected chi connectivity index (χ2v) is 5.84. The summed E-state index contributed by atoms with van der Waals surface area (Å²) in [6, 6.07) is 10.6. The number of halogens is 1. The number of ether oxygens (including phenoxy) is 1. The number of hydrogen-bond acceptors (Lipinski definition) is 2. The Morgan fingerprint density at radius 2 is 2.05 bits per heavy atom. The summed E-state index contributed by atoms with van der Waals surface area (Å²) in [5.41, 5.74) is 1.34. The van der Waals surface area contributed by atoms with Gasteiger partial charge in [-0.2, -0.15) is 0 Å². The topological polar surface area (TPSA) is 45.7 Å². The Morgan fingerprint density at radius 3 is 2.68 bits per heavy atom. The van der Waals surface area contributed by atoms with Gasteiger partial charge >= 0.3 is 0 Å². The number of nitrogens with one attached hydrogen (secondary N) is 2. The Hall–Kier alpha value is -0.820. The average molecular weight is 417 g/mol. The van der Waals surface area contributed by atoms with E-state index in [2.05, 4.69) is 52.9 Å². The molecule has 1 unspecified atom stereocenters. The molecule has 22 heavy (non-hydrogen) atoms. The standard InChI is InChI=1S/C17H27N3O.HI/c1-17(11-7-13-21-17)14-20-16(18-2)19-12-6-10-15-8-4-3-5-9-15;/h3-5,8-9H,6-7,10-14H2,1-2H3,(H2,18,19,20);1H. The third-order valence-electron chi connectivity index (χ3n) is 3.93. The van der Waals surface area contributed by atoms with E-state index in [1.54, 1.807) is 0 Å². The summed E-state index contributed by atoms with van der Waals surface area (Å²) in [5, 5.41) is 6.73. The Labute approximate surface area is 151 Å². The van der Waals surface area contributed by atoms with Gasteiger partial charge in [-0.1, -0.05) is 30.3 Å². The number of benzene rings is 1. The quantitative estimate of drug-likeness (QED) is 0.324. The first-order chi connectivity index (χ1) is 10.2. The predicted octanol–water partition coefficient (Wildman–Crippen LogP) is 2.97. The third kappa shape index (κ3) is 6.52. The predicted molar refractivity (Wildman–Crippen MR) is 103 cm³/mol. The highest BCUT2D eigenvalue weighted by atomic mass is 127. The maximum Gasteiger partial charge on any atom is 0.191 e. The van der Waals surface area contributed by atoms with Gasteiger partial charge in [0.05, 0.1) is 5.60 Å². The monoisotopic (exact) mass is 417 g/mol. The summed E-state index contributed by atoms with van der Waals surface area (Å²) in [7, 11) is 1.81. The van der Waals surface area contributed by atoms with Crippen molar-refractivity contribution in [3.8, 4) is 0 Å². The number of guanidine groups is 1. The highest BCUT2D eigenvalue weighted by Crippen LogP contribution is 2.23. The summed E-state index contributed by atoms with van der Waals surface area (Å²) in [6.07, 6.45) is 4.45.